The Morgan fingerprint density at radius 3 is 2.78 bits per heavy atom. The Balaban J connectivity index is 2.31. The lowest BCUT2D eigenvalue weighted by atomic mass is 10.1. The van der Waals surface area contributed by atoms with Gasteiger partial charge in [0, 0.05) is 29.6 Å². The normalized spacial score (nSPS) is 11.1. The molecule has 0 atom stereocenters. The maximum absolute atomic E-state index is 5.53. The van der Waals surface area contributed by atoms with Gasteiger partial charge in [-0.3, -0.25) is 4.68 Å². The van der Waals surface area contributed by atoms with Crippen LogP contribution in [0.2, 0.25) is 0 Å². The predicted molar refractivity (Wildman–Crippen MR) is 75.9 cm³/mol. The summed E-state index contributed by atoms with van der Waals surface area (Å²) in [6.07, 6.45) is 1.97. The molecule has 2 N–H and O–H groups in total. The van der Waals surface area contributed by atoms with E-state index >= 15 is 0 Å². The van der Waals surface area contributed by atoms with Crippen molar-refractivity contribution < 1.29 is 0 Å². The van der Waals surface area contributed by atoms with E-state index in [9.17, 15) is 0 Å². The SMILES string of the molecule is CCn1nc(C)c(-c2csc(CCCN)n2)c1C. The minimum absolute atomic E-state index is 0.723. The number of hydrogen-bond acceptors (Lipinski definition) is 4. The van der Waals surface area contributed by atoms with Gasteiger partial charge >= 0.3 is 0 Å². The monoisotopic (exact) mass is 264 g/mol. The van der Waals surface area contributed by atoms with Gasteiger partial charge < -0.3 is 5.73 Å². The summed E-state index contributed by atoms with van der Waals surface area (Å²) < 4.78 is 2.03. The summed E-state index contributed by atoms with van der Waals surface area (Å²) in [4.78, 5) is 4.70. The molecule has 0 bridgehead atoms. The number of rotatable bonds is 5. The molecular formula is C13H20N4S. The molecule has 0 aliphatic heterocycles. The molecule has 0 unspecified atom stereocenters. The molecule has 5 heteroatoms. The molecule has 0 spiro atoms. The summed E-state index contributed by atoms with van der Waals surface area (Å²) in [5, 5.41) is 7.83. The molecular weight excluding hydrogens is 244 g/mol. The van der Waals surface area contributed by atoms with Gasteiger partial charge in [-0.15, -0.1) is 11.3 Å². The fourth-order valence-corrected chi connectivity index (χ4v) is 3.00. The predicted octanol–water partition coefficient (Wildman–Crippen LogP) is 2.53. The summed E-state index contributed by atoms with van der Waals surface area (Å²) in [6.45, 7) is 7.89. The summed E-state index contributed by atoms with van der Waals surface area (Å²) in [5.74, 6) is 0. The Kier molecular flexibility index (Phi) is 4.14. The van der Waals surface area contributed by atoms with Crippen LogP contribution in [0.5, 0.6) is 0 Å². The Bertz CT molecular complexity index is 527. The zero-order valence-electron chi connectivity index (χ0n) is 11.2. The number of nitrogens with zero attached hydrogens (tertiary/aromatic N) is 3. The first-order valence-electron chi connectivity index (χ1n) is 6.36. The van der Waals surface area contributed by atoms with Crippen LogP contribution in [0.3, 0.4) is 0 Å². The third-order valence-corrected chi connectivity index (χ3v) is 3.99. The molecule has 0 fully saturated rings. The largest absolute Gasteiger partial charge is 0.330 e. The van der Waals surface area contributed by atoms with Crippen LogP contribution in [0.25, 0.3) is 11.3 Å². The number of nitrogens with two attached hydrogens (primary N) is 1. The van der Waals surface area contributed by atoms with E-state index in [-0.39, 0.29) is 0 Å². The first-order valence-corrected chi connectivity index (χ1v) is 7.24. The highest BCUT2D eigenvalue weighted by molar-refractivity contribution is 7.09. The minimum atomic E-state index is 0.723. The van der Waals surface area contributed by atoms with Gasteiger partial charge in [0.05, 0.1) is 16.4 Å². The highest BCUT2D eigenvalue weighted by Crippen LogP contribution is 2.28. The van der Waals surface area contributed by atoms with Crippen molar-refractivity contribution in [2.24, 2.45) is 5.73 Å². The standard InChI is InChI=1S/C13H20N4S/c1-4-17-10(3)13(9(2)16-17)11-8-18-12(15-11)6-5-7-14/h8H,4-7,14H2,1-3H3. The molecule has 0 aromatic carbocycles. The molecule has 0 radical (unpaired) electrons. The number of thiazole rings is 1. The van der Waals surface area contributed by atoms with Crippen LogP contribution in [0, 0.1) is 13.8 Å². The smallest absolute Gasteiger partial charge is 0.0933 e. The lowest BCUT2D eigenvalue weighted by Crippen LogP contribution is -2.00. The third-order valence-electron chi connectivity index (χ3n) is 3.08. The van der Waals surface area contributed by atoms with E-state index in [4.69, 9.17) is 10.7 Å². The highest BCUT2D eigenvalue weighted by Gasteiger charge is 2.15. The molecule has 2 rings (SSSR count). The highest BCUT2D eigenvalue weighted by atomic mass is 32.1. The van der Waals surface area contributed by atoms with E-state index < -0.39 is 0 Å². The van der Waals surface area contributed by atoms with Gasteiger partial charge in [-0.1, -0.05) is 0 Å². The first-order chi connectivity index (χ1) is 8.67. The number of aryl methyl sites for hydroxylation is 3. The summed E-state index contributed by atoms with van der Waals surface area (Å²) in [6, 6.07) is 0. The van der Waals surface area contributed by atoms with Crippen molar-refractivity contribution in [1.82, 2.24) is 14.8 Å². The van der Waals surface area contributed by atoms with Crippen LogP contribution in [0.4, 0.5) is 0 Å². The Morgan fingerprint density at radius 1 is 1.39 bits per heavy atom. The van der Waals surface area contributed by atoms with Crippen LogP contribution in [-0.2, 0) is 13.0 Å². The second-order valence-electron chi connectivity index (χ2n) is 4.38. The minimum Gasteiger partial charge on any atom is -0.330 e. The van der Waals surface area contributed by atoms with Gasteiger partial charge in [-0.25, -0.2) is 4.98 Å². The second-order valence-corrected chi connectivity index (χ2v) is 5.32. The lowest BCUT2D eigenvalue weighted by molar-refractivity contribution is 0.634. The van der Waals surface area contributed by atoms with E-state index in [2.05, 4.69) is 24.3 Å². The quantitative estimate of drug-likeness (QED) is 0.903. The van der Waals surface area contributed by atoms with Crippen molar-refractivity contribution in [3.8, 4) is 11.3 Å². The molecule has 2 aromatic rings. The van der Waals surface area contributed by atoms with E-state index in [0.29, 0.717) is 0 Å². The number of aromatic nitrogens is 3. The zero-order valence-corrected chi connectivity index (χ0v) is 12.0. The van der Waals surface area contributed by atoms with Crippen LogP contribution in [0.15, 0.2) is 5.38 Å². The fourth-order valence-electron chi connectivity index (χ4n) is 2.17. The summed E-state index contributed by atoms with van der Waals surface area (Å²) in [7, 11) is 0. The Labute approximate surface area is 112 Å². The molecule has 0 aliphatic carbocycles. The van der Waals surface area contributed by atoms with E-state index in [0.717, 1.165) is 37.3 Å². The molecule has 18 heavy (non-hydrogen) atoms. The van der Waals surface area contributed by atoms with Crippen LogP contribution >= 0.6 is 11.3 Å². The van der Waals surface area contributed by atoms with E-state index in [1.165, 1.54) is 16.3 Å². The van der Waals surface area contributed by atoms with Crippen molar-refractivity contribution in [1.29, 1.82) is 0 Å². The number of hydrogen-bond donors (Lipinski definition) is 1. The zero-order chi connectivity index (χ0) is 13.1. The maximum Gasteiger partial charge on any atom is 0.0933 e. The van der Waals surface area contributed by atoms with Gasteiger partial charge in [0.15, 0.2) is 0 Å². The molecule has 2 aromatic heterocycles. The van der Waals surface area contributed by atoms with Crippen molar-refractivity contribution in [3.63, 3.8) is 0 Å². The average Bonchev–Trinajstić information content (AvgIpc) is 2.91. The molecule has 0 aliphatic rings. The van der Waals surface area contributed by atoms with Crippen molar-refractivity contribution in [3.05, 3.63) is 21.8 Å². The molecule has 0 saturated carbocycles. The molecule has 0 saturated heterocycles. The maximum atomic E-state index is 5.53. The summed E-state index contributed by atoms with van der Waals surface area (Å²) >= 11 is 1.71. The topological polar surface area (TPSA) is 56.7 Å². The van der Waals surface area contributed by atoms with Crippen LogP contribution in [-0.4, -0.2) is 21.3 Å². The van der Waals surface area contributed by atoms with E-state index in [1.807, 2.05) is 11.6 Å². The van der Waals surface area contributed by atoms with Gasteiger partial charge in [0.25, 0.3) is 0 Å². The molecule has 4 nitrogen and oxygen atoms in total. The first kappa shape index (κ1) is 13.2. The van der Waals surface area contributed by atoms with Crippen LogP contribution in [0.1, 0.15) is 29.7 Å². The van der Waals surface area contributed by atoms with E-state index in [1.54, 1.807) is 11.3 Å². The molecule has 0 amide bonds. The Hall–Kier alpha value is -1.20. The second kappa shape index (κ2) is 5.63. The van der Waals surface area contributed by atoms with Gasteiger partial charge in [0.2, 0.25) is 0 Å². The van der Waals surface area contributed by atoms with Gasteiger partial charge in [-0.2, -0.15) is 5.10 Å². The van der Waals surface area contributed by atoms with Gasteiger partial charge in [0.1, 0.15) is 0 Å². The molecule has 2 heterocycles. The van der Waals surface area contributed by atoms with Crippen molar-refractivity contribution in [2.45, 2.75) is 40.2 Å². The molecule has 98 valence electrons. The summed E-state index contributed by atoms with van der Waals surface area (Å²) in [5.41, 5.74) is 10.0. The van der Waals surface area contributed by atoms with Crippen molar-refractivity contribution >= 4 is 11.3 Å². The lowest BCUT2D eigenvalue weighted by Gasteiger charge is -1.99. The fraction of sp³-hybridized carbons (Fsp3) is 0.538. The van der Waals surface area contributed by atoms with Crippen molar-refractivity contribution in [2.75, 3.05) is 6.54 Å². The van der Waals surface area contributed by atoms with Crippen LogP contribution < -0.4 is 5.73 Å². The average molecular weight is 264 g/mol. The third kappa shape index (κ3) is 2.47. The van der Waals surface area contributed by atoms with Gasteiger partial charge in [-0.05, 0) is 33.7 Å². The Morgan fingerprint density at radius 2 is 2.17 bits per heavy atom.